The summed E-state index contributed by atoms with van der Waals surface area (Å²) in [5.41, 5.74) is 18.2. The van der Waals surface area contributed by atoms with Crippen LogP contribution in [0.2, 0.25) is 0 Å². The highest BCUT2D eigenvalue weighted by molar-refractivity contribution is 5.50. The van der Waals surface area contributed by atoms with Crippen molar-refractivity contribution in [2.75, 3.05) is 26.2 Å². The third-order valence-electron chi connectivity index (χ3n) is 11.1. The molecule has 0 aromatic heterocycles. The molecule has 0 heterocycles. The van der Waals surface area contributed by atoms with Crippen molar-refractivity contribution in [1.82, 2.24) is 15.5 Å². The van der Waals surface area contributed by atoms with Gasteiger partial charge in [-0.15, -0.1) is 0 Å². The average Bonchev–Trinajstić information content (AvgIpc) is 3.04. The van der Waals surface area contributed by atoms with Crippen LogP contribution in [-0.2, 0) is 0 Å². The molecule has 2 unspecified atom stereocenters. The Morgan fingerprint density at radius 1 is 0.887 bits per heavy atom. The fraction of sp³-hybridized carbons (Fsp3) is 0.673. The zero-order valence-electron chi connectivity index (χ0n) is 37.0. The van der Waals surface area contributed by atoms with Crippen molar-refractivity contribution in [3.8, 4) is 0 Å². The molecule has 4 nitrogen and oxygen atoms in total. The Kier molecular flexibility index (Phi) is 21.2. The molecule has 0 aliphatic heterocycles. The predicted molar refractivity (Wildman–Crippen MR) is 239 cm³/mol. The topological polar surface area (TPSA) is 53.3 Å². The van der Waals surface area contributed by atoms with Gasteiger partial charge >= 0.3 is 0 Å². The Bertz CT molecular complexity index is 1280. The van der Waals surface area contributed by atoms with Crippen molar-refractivity contribution in [2.45, 2.75) is 159 Å². The Labute approximate surface area is 330 Å². The maximum Gasteiger partial charge on any atom is 0.0443 e. The van der Waals surface area contributed by atoms with Gasteiger partial charge in [-0.05, 0) is 108 Å². The Morgan fingerprint density at radius 2 is 1.45 bits per heavy atom. The van der Waals surface area contributed by atoms with Gasteiger partial charge in [0.1, 0.15) is 0 Å². The lowest BCUT2D eigenvalue weighted by Gasteiger charge is -2.36. The molecule has 1 aliphatic rings. The van der Waals surface area contributed by atoms with Crippen molar-refractivity contribution in [1.29, 1.82) is 0 Å². The SMILES string of the molecule is C=C/C(C(=C)CC(C)(C)CC)=C(/CC(C)C)NCCN(CCNC(CC(C)C)=C1C(=C)CC(C)(C)CC1=C)C(=C)C(N)CCC(=C)CC(CC)CCC. The first-order valence-corrected chi connectivity index (χ1v) is 21.2. The second-order valence-corrected chi connectivity index (χ2v) is 18.7. The van der Waals surface area contributed by atoms with E-state index in [0.29, 0.717) is 11.8 Å². The summed E-state index contributed by atoms with van der Waals surface area (Å²) in [6.45, 7) is 55.3. The van der Waals surface area contributed by atoms with E-state index in [4.69, 9.17) is 5.73 Å². The summed E-state index contributed by atoms with van der Waals surface area (Å²) in [6.07, 6.45) is 14.6. The minimum atomic E-state index is -0.128. The van der Waals surface area contributed by atoms with Crippen LogP contribution >= 0.6 is 0 Å². The van der Waals surface area contributed by atoms with E-state index >= 15 is 0 Å². The van der Waals surface area contributed by atoms with Gasteiger partial charge in [0.2, 0.25) is 0 Å². The average molecular weight is 731 g/mol. The summed E-state index contributed by atoms with van der Waals surface area (Å²) in [6, 6.07) is -0.128. The molecule has 302 valence electrons. The number of hydrogen-bond donors (Lipinski definition) is 3. The van der Waals surface area contributed by atoms with Gasteiger partial charge in [0.25, 0.3) is 0 Å². The normalized spacial score (nSPS) is 16.3. The van der Waals surface area contributed by atoms with Crippen LogP contribution in [0.3, 0.4) is 0 Å². The van der Waals surface area contributed by atoms with Crippen LogP contribution in [0, 0.1) is 28.6 Å². The monoisotopic (exact) mass is 731 g/mol. The fourth-order valence-electron chi connectivity index (χ4n) is 7.92. The number of rotatable bonds is 27. The number of nitrogens with one attached hydrogen (secondary N) is 2. The Balaban J connectivity index is 3.32. The molecule has 0 saturated heterocycles. The molecule has 1 saturated carbocycles. The van der Waals surface area contributed by atoms with Crippen LogP contribution in [0.15, 0.2) is 96.1 Å². The summed E-state index contributed by atoms with van der Waals surface area (Å²) in [5, 5.41) is 7.74. The first kappa shape index (κ1) is 48.3. The lowest BCUT2D eigenvalue weighted by atomic mass is 9.70. The third-order valence-corrected chi connectivity index (χ3v) is 11.1. The van der Waals surface area contributed by atoms with E-state index in [-0.39, 0.29) is 16.9 Å². The standard InChI is InChI=1S/C49H86N4/c1-18-22-42(19-2)31-37(9)23-24-44(50)41(13)53(27-25-51-45(29-35(5)6)43(20-3)38(10)32-48(14,15)21-4)28-26-52-46(30-36(7)8)47-39(11)33-49(16,17)34-40(47)12/h20,35-36,42,44,51-52H,3,9-13,18-19,21-34,50H2,1-2,4-8,14-17H3/b45-43+. The van der Waals surface area contributed by atoms with E-state index in [0.717, 1.165) is 107 Å². The van der Waals surface area contributed by atoms with Crippen LogP contribution in [-0.4, -0.2) is 37.1 Å². The lowest BCUT2D eigenvalue weighted by Crippen LogP contribution is -2.41. The van der Waals surface area contributed by atoms with E-state index in [2.05, 4.69) is 131 Å². The maximum absolute atomic E-state index is 6.95. The Morgan fingerprint density at radius 3 is 1.94 bits per heavy atom. The second kappa shape index (κ2) is 23.3. The maximum atomic E-state index is 6.95. The number of nitrogens with zero attached hydrogens (tertiary/aromatic N) is 1. The van der Waals surface area contributed by atoms with Crippen LogP contribution in [0.4, 0.5) is 0 Å². The van der Waals surface area contributed by atoms with Crippen molar-refractivity contribution < 1.29 is 0 Å². The third kappa shape index (κ3) is 17.5. The van der Waals surface area contributed by atoms with E-state index in [1.165, 1.54) is 52.9 Å². The molecule has 0 aromatic carbocycles. The summed E-state index contributed by atoms with van der Waals surface area (Å²) >= 11 is 0. The van der Waals surface area contributed by atoms with Crippen LogP contribution in [0.25, 0.3) is 0 Å². The van der Waals surface area contributed by atoms with E-state index in [9.17, 15) is 0 Å². The molecule has 4 N–H and O–H groups in total. The molecule has 53 heavy (non-hydrogen) atoms. The summed E-state index contributed by atoms with van der Waals surface area (Å²) < 4.78 is 0. The minimum absolute atomic E-state index is 0.128. The molecule has 4 heteroatoms. The fourth-order valence-corrected chi connectivity index (χ4v) is 7.92. The van der Waals surface area contributed by atoms with Crippen LogP contribution in [0.1, 0.15) is 153 Å². The quantitative estimate of drug-likeness (QED) is 0.0582. The molecule has 1 fully saturated rings. The van der Waals surface area contributed by atoms with Gasteiger partial charge in [0, 0.05) is 49.3 Å². The number of allylic oxidation sites excluding steroid dienone is 9. The molecule has 2 atom stereocenters. The van der Waals surface area contributed by atoms with E-state index in [1.54, 1.807) is 0 Å². The van der Waals surface area contributed by atoms with Gasteiger partial charge in [0.05, 0.1) is 0 Å². The zero-order valence-corrected chi connectivity index (χ0v) is 37.0. The van der Waals surface area contributed by atoms with Crippen LogP contribution in [0.5, 0.6) is 0 Å². The van der Waals surface area contributed by atoms with Gasteiger partial charge in [-0.3, -0.25) is 0 Å². The van der Waals surface area contributed by atoms with Gasteiger partial charge in [0.15, 0.2) is 0 Å². The predicted octanol–water partition coefficient (Wildman–Crippen LogP) is 13.0. The highest BCUT2D eigenvalue weighted by atomic mass is 15.2. The van der Waals surface area contributed by atoms with Crippen LogP contribution < -0.4 is 16.4 Å². The first-order chi connectivity index (χ1) is 24.7. The van der Waals surface area contributed by atoms with Gasteiger partial charge < -0.3 is 21.3 Å². The summed E-state index contributed by atoms with van der Waals surface area (Å²) in [5.74, 6) is 1.74. The van der Waals surface area contributed by atoms with Crippen molar-refractivity contribution in [3.05, 3.63) is 96.1 Å². The van der Waals surface area contributed by atoms with Gasteiger partial charge in [-0.25, -0.2) is 0 Å². The largest absolute Gasteiger partial charge is 0.386 e. The van der Waals surface area contributed by atoms with Crippen molar-refractivity contribution >= 4 is 0 Å². The van der Waals surface area contributed by atoms with Gasteiger partial charge in [-0.2, -0.15) is 0 Å². The Hall–Kier alpha value is -2.72. The highest BCUT2D eigenvalue weighted by Crippen LogP contribution is 2.44. The van der Waals surface area contributed by atoms with E-state index < -0.39 is 0 Å². The molecule has 0 bridgehead atoms. The molecule has 0 amide bonds. The van der Waals surface area contributed by atoms with Crippen molar-refractivity contribution in [3.63, 3.8) is 0 Å². The summed E-state index contributed by atoms with van der Waals surface area (Å²) in [4.78, 5) is 2.40. The van der Waals surface area contributed by atoms with Crippen molar-refractivity contribution in [2.24, 2.45) is 34.3 Å². The molecule has 1 rings (SSSR count). The smallest absolute Gasteiger partial charge is 0.0443 e. The molecular formula is C49H86N4. The lowest BCUT2D eigenvalue weighted by molar-refractivity contribution is 0.318. The minimum Gasteiger partial charge on any atom is -0.386 e. The van der Waals surface area contributed by atoms with E-state index in [1.807, 2.05) is 6.08 Å². The molecule has 0 spiro atoms. The molecule has 0 aromatic rings. The number of nitrogens with two attached hydrogens (primary N) is 1. The number of hydrogen-bond acceptors (Lipinski definition) is 4. The highest BCUT2D eigenvalue weighted by Gasteiger charge is 2.30. The zero-order chi connectivity index (χ0) is 40.5. The molecule has 1 aliphatic carbocycles. The summed E-state index contributed by atoms with van der Waals surface area (Å²) in [7, 11) is 0. The molecule has 0 radical (unpaired) electrons. The second-order valence-electron chi connectivity index (χ2n) is 18.7. The van der Waals surface area contributed by atoms with Gasteiger partial charge in [-0.1, -0.05) is 153 Å². The molecular weight excluding hydrogens is 645 g/mol. The first-order valence-electron chi connectivity index (χ1n) is 21.2.